The van der Waals surface area contributed by atoms with Gasteiger partial charge in [-0.3, -0.25) is 25.7 Å². The van der Waals surface area contributed by atoms with E-state index in [9.17, 15) is 20.2 Å². The topological polar surface area (TPSA) is 111 Å². The normalized spacial score (nSPS) is 11.0. The Kier molecular flexibility index (Phi) is 6.06. The summed E-state index contributed by atoms with van der Waals surface area (Å²) in [6, 6.07) is 20.4. The summed E-state index contributed by atoms with van der Waals surface area (Å²) in [6.07, 6.45) is 4.91. The van der Waals surface area contributed by atoms with E-state index in [1.807, 2.05) is 54.6 Å². The number of anilines is 1. The third-order valence-electron chi connectivity index (χ3n) is 4.03. The van der Waals surface area contributed by atoms with Crippen molar-refractivity contribution in [1.29, 1.82) is 0 Å². The number of nitro benzene ring substituents is 2. The molecule has 0 saturated carbocycles. The Hall–Kier alpha value is -4.33. The predicted octanol–water partition coefficient (Wildman–Crippen LogP) is 5.12. The fourth-order valence-electron chi connectivity index (χ4n) is 2.59. The Labute approximate surface area is 166 Å². The van der Waals surface area contributed by atoms with E-state index in [2.05, 4.69) is 10.5 Å². The van der Waals surface area contributed by atoms with Crippen LogP contribution in [0.2, 0.25) is 0 Å². The van der Waals surface area contributed by atoms with Crippen LogP contribution in [0.25, 0.3) is 12.2 Å². The highest BCUT2D eigenvalue weighted by atomic mass is 16.6. The van der Waals surface area contributed by atoms with Crippen LogP contribution in [0.4, 0.5) is 17.1 Å². The van der Waals surface area contributed by atoms with Gasteiger partial charge in [-0.05, 0) is 29.8 Å². The molecule has 3 aromatic carbocycles. The van der Waals surface area contributed by atoms with E-state index in [0.717, 1.165) is 22.9 Å². The number of hydrogen-bond acceptors (Lipinski definition) is 6. The first-order valence-corrected chi connectivity index (χ1v) is 8.58. The van der Waals surface area contributed by atoms with Gasteiger partial charge in [0.05, 0.1) is 33.4 Å². The first-order chi connectivity index (χ1) is 14.0. The van der Waals surface area contributed by atoms with Crippen molar-refractivity contribution in [1.82, 2.24) is 0 Å². The summed E-state index contributed by atoms with van der Waals surface area (Å²) in [5.41, 5.74) is 4.99. The van der Waals surface area contributed by atoms with Crippen LogP contribution in [-0.4, -0.2) is 16.1 Å². The number of benzene rings is 3. The minimum atomic E-state index is -0.661. The maximum Gasteiger partial charge on any atom is 0.283 e. The molecule has 144 valence electrons. The molecule has 8 heteroatoms. The third-order valence-corrected chi connectivity index (χ3v) is 4.03. The number of rotatable bonds is 7. The number of non-ortho nitro benzene ring substituents is 1. The third kappa shape index (κ3) is 5.10. The minimum absolute atomic E-state index is 0.273. The van der Waals surface area contributed by atoms with Crippen molar-refractivity contribution in [2.45, 2.75) is 0 Å². The van der Waals surface area contributed by atoms with Gasteiger partial charge in [0.25, 0.3) is 11.4 Å². The molecule has 0 bridgehead atoms. The maximum atomic E-state index is 11.3. The smallest absolute Gasteiger partial charge is 0.279 e. The molecule has 0 aliphatic carbocycles. The van der Waals surface area contributed by atoms with E-state index < -0.39 is 9.85 Å². The Balaban J connectivity index is 1.85. The van der Waals surface area contributed by atoms with E-state index in [-0.39, 0.29) is 16.9 Å². The quantitative estimate of drug-likeness (QED) is 0.261. The fourth-order valence-corrected chi connectivity index (χ4v) is 2.59. The number of hydrazone groups is 1. The maximum absolute atomic E-state index is 11.3. The molecule has 0 amide bonds. The first-order valence-electron chi connectivity index (χ1n) is 8.58. The van der Waals surface area contributed by atoms with Gasteiger partial charge >= 0.3 is 0 Å². The molecule has 0 radical (unpaired) electrons. The Morgan fingerprint density at radius 1 is 0.759 bits per heavy atom. The van der Waals surface area contributed by atoms with Crippen molar-refractivity contribution < 1.29 is 9.85 Å². The molecule has 3 rings (SSSR count). The van der Waals surface area contributed by atoms with Gasteiger partial charge in [-0.2, -0.15) is 5.10 Å². The number of nitrogens with zero attached hydrogens (tertiary/aromatic N) is 3. The Morgan fingerprint density at radius 3 is 2.10 bits per heavy atom. The zero-order chi connectivity index (χ0) is 20.6. The van der Waals surface area contributed by atoms with Crippen LogP contribution < -0.4 is 5.43 Å². The second-order valence-electron chi connectivity index (χ2n) is 5.96. The van der Waals surface area contributed by atoms with Gasteiger partial charge in [0.15, 0.2) is 0 Å². The molecule has 0 aliphatic heterocycles. The average molecular weight is 388 g/mol. The lowest BCUT2D eigenvalue weighted by Gasteiger charge is -2.02. The average Bonchev–Trinajstić information content (AvgIpc) is 2.73. The van der Waals surface area contributed by atoms with Gasteiger partial charge < -0.3 is 0 Å². The second kappa shape index (κ2) is 9.05. The van der Waals surface area contributed by atoms with Crippen LogP contribution in [0, 0.1) is 20.2 Å². The number of nitrogens with one attached hydrogen (secondary N) is 1. The van der Waals surface area contributed by atoms with Gasteiger partial charge in [0.2, 0.25) is 0 Å². The van der Waals surface area contributed by atoms with E-state index in [4.69, 9.17) is 0 Å². The van der Waals surface area contributed by atoms with E-state index in [0.29, 0.717) is 0 Å². The van der Waals surface area contributed by atoms with Crippen molar-refractivity contribution >= 4 is 35.4 Å². The molecular weight excluding hydrogens is 372 g/mol. The highest BCUT2D eigenvalue weighted by molar-refractivity contribution is 5.88. The lowest BCUT2D eigenvalue weighted by molar-refractivity contribution is -0.394. The Morgan fingerprint density at radius 2 is 1.41 bits per heavy atom. The van der Waals surface area contributed by atoms with Crippen LogP contribution in [-0.2, 0) is 0 Å². The molecule has 0 atom stereocenters. The van der Waals surface area contributed by atoms with Crippen LogP contribution >= 0.6 is 0 Å². The number of para-hydroxylation sites is 1. The summed E-state index contributed by atoms with van der Waals surface area (Å²) < 4.78 is 0. The lowest BCUT2D eigenvalue weighted by atomic mass is 10.1. The molecule has 0 fully saturated rings. The predicted molar refractivity (Wildman–Crippen MR) is 113 cm³/mol. The van der Waals surface area contributed by atoms with Gasteiger partial charge in [-0.1, -0.05) is 48.5 Å². The molecular formula is C21H16N4O4. The summed E-state index contributed by atoms with van der Waals surface area (Å²) in [7, 11) is 0. The van der Waals surface area contributed by atoms with Crippen LogP contribution in [0.5, 0.6) is 0 Å². The zero-order valence-corrected chi connectivity index (χ0v) is 15.1. The van der Waals surface area contributed by atoms with E-state index in [1.54, 1.807) is 18.4 Å². The van der Waals surface area contributed by atoms with Gasteiger partial charge in [-0.25, -0.2) is 0 Å². The fraction of sp³-hybridized carbons (Fsp3) is 0. The molecule has 29 heavy (non-hydrogen) atoms. The van der Waals surface area contributed by atoms with E-state index >= 15 is 0 Å². The second-order valence-corrected chi connectivity index (χ2v) is 5.96. The number of nitro groups is 2. The summed E-state index contributed by atoms with van der Waals surface area (Å²) in [5.74, 6) is 0. The van der Waals surface area contributed by atoms with Crippen LogP contribution in [0.1, 0.15) is 16.7 Å². The summed E-state index contributed by atoms with van der Waals surface area (Å²) in [6.45, 7) is 0. The summed E-state index contributed by atoms with van der Waals surface area (Å²) >= 11 is 0. The molecule has 0 saturated heterocycles. The first kappa shape index (κ1) is 19.4. The molecule has 3 aromatic rings. The van der Waals surface area contributed by atoms with Crippen LogP contribution in [0.3, 0.4) is 0 Å². The van der Waals surface area contributed by atoms with Crippen molar-refractivity contribution in [3.8, 4) is 0 Å². The Bertz CT molecular complexity index is 1090. The van der Waals surface area contributed by atoms with Gasteiger partial charge in [-0.15, -0.1) is 0 Å². The van der Waals surface area contributed by atoms with Crippen molar-refractivity contribution in [2.75, 3.05) is 5.43 Å². The highest BCUT2D eigenvalue weighted by Gasteiger charge is 2.17. The van der Waals surface area contributed by atoms with Crippen molar-refractivity contribution in [3.05, 3.63) is 110 Å². The van der Waals surface area contributed by atoms with Gasteiger partial charge in [0, 0.05) is 11.6 Å². The molecule has 1 N–H and O–H groups in total. The van der Waals surface area contributed by atoms with Crippen LogP contribution in [0.15, 0.2) is 77.9 Å². The SMILES string of the molecule is O=[N+]([O-])c1ccc(/C=C\c2ccccc2C=NNc2ccccc2)c([N+](=O)[O-])c1. The molecule has 0 spiro atoms. The summed E-state index contributed by atoms with van der Waals surface area (Å²) in [5, 5.41) is 26.3. The highest BCUT2D eigenvalue weighted by Crippen LogP contribution is 2.26. The molecule has 0 aromatic heterocycles. The van der Waals surface area contributed by atoms with Crippen molar-refractivity contribution in [3.63, 3.8) is 0 Å². The lowest BCUT2D eigenvalue weighted by Crippen LogP contribution is -1.95. The minimum Gasteiger partial charge on any atom is -0.279 e. The molecule has 8 nitrogen and oxygen atoms in total. The standard InChI is InChI=1S/C21H16N4O4/c26-24(27)20-13-12-17(21(14-20)25(28)29)11-10-16-6-4-5-7-18(16)15-22-23-19-8-2-1-3-9-19/h1-15,23H/b11-10-,22-15?. The van der Waals surface area contributed by atoms with E-state index in [1.165, 1.54) is 12.1 Å². The molecule has 0 aliphatic rings. The largest absolute Gasteiger partial charge is 0.283 e. The van der Waals surface area contributed by atoms with Crippen molar-refractivity contribution in [2.24, 2.45) is 5.10 Å². The molecule has 0 unspecified atom stereocenters. The van der Waals surface area contributed by atoms with Gasteiger partial charge in [0.1, 0.15) is 0 Å². The number of hydrogen-bond donors (Lipinski definition) is 1. The summed E-state index contributed by atoms with van der Waals surface area (Å²) in [4.78, 5) is 20.8. The zero-order valence-electron chi connectivity index (χ0n) is 15.1. The monoisotopic (exact) mass is 388 g/mol. The molecule has 0 heterocycles.